The second-order valence-electron chi connectivity index (χ2n) is 3.65. The van der Waals surface area contributed by atoms with Crippen molar-refractivity contribution in [3.8, 4) is 0 Å². The first kappa shape index (κ1) is 13.6. The Kier molecular flexibility index (Phi) is 7.67. The molecule has 0 heterocycles. The smallest absolute Gasteiger partial charge is 0.331 e. The summed E-state index contributed by atoms with van der Waals surface area (Å²) in [4.78, 5) is 10.6. The third-order valence-corrected chi connectivity index (χ3v) is 2.87. The fourth-order valence-electron chi connectivity index (χ4n) is 0.945. The summed E-state index contributed by atoms with van der Waals surface area (Å²) in [5, 5.41) is 8.74. The molecule has 0 aliphatic heterocycles. The van der Waals surface area contributed by atoms with Gasteiger partial charge in [0.25, 0.3) is 0 Å². The molecule has 0 aromatic carbocycles. The average molecular weight is 216 g/mol. The van der Waals surface area contributed by atoms with Crippen LogP contribution in [0.5, 0.6) is 0 Å². The van der Waals surface area contributed by atoms with Crippen LogP contribution < -0.4 is 0 Å². The second-order valence-corrected chi connectivity index (χ2v) is 4.80. The van der Waals surface area contributed by atoms with E-state index in [1.165, 1.54) is 6.42 Å². The van der Waals surface area contributed by atoms with E-state index in [2.05, 4.69) is 13.8 Å². The van der Waals surface area contributed by atoms with Crippen molar-refractivity contribution >= 4 is 17.7 Å². The fourth-order valence-corrected chi connectivity index (χ4v) is 2.07. The van der Waals surface area contributed by atoms with Crippen LogP contribution in [0, 0.1) is 5.92 Å². The molecule has 0 unspecified atom stereocenters. The highest BCUT2D eigenvalue weighted by molar-refractivity contribution is 7.99. The largest absolute Gasteiger partial charge is 0.478 e. The minimum absolute atomic E-state index is 0.530. The first-order valence-corrected chi connectivity index (χ1v) is 6.23. The number of carboxylic acid groups (broad SMARTS) is 1. The van der Waals surface area contributed by atoms with Crippen LogP contribution in [-0.4, -0.2) is 22.6 Å². The molecule has 0 fully saturated rings. The van der Waals surface area contributed by atoms with Gasteiger partial charge in [-0.1, -0.05) is 26.8 Å². The van der Waals surface area contributed by atoms with E-state index in [1.807, 2.05) is 13.0 Å². The van der Waals surface area contributed by atoms with Gasteiger partial charge in [-0.25, -0.2) is 4.79 Å². The number of hydrogen-bond donors (Lipinski definition) is 1. The molecule has 0 aromatic rings. The molecule has 0 radical (unpaired) electrons. The number of carboxylic acids is 1. The summed E-state index contributed by atoms with van der Waals surface area (Å²) in [6, 6.07) is 0. The molecular weight excluding hydrogens is 196 g/mol. The molecule has 0 spiro atoms. The summed E-state index contributed by atoms with van der Waals surface area (Å²) in [6.45, 7) is 6.27. The fraction of sp³-hybridized carbons (Fsp3) is 0.727. The molecule has 0 saturated heterocycles. The molecule has 0 amide bonds. The third kappa shape index (κ3) is 7.01. The van der Waals surface area contributed by atoms with Crippen molar-refractivity contribution in [2.45, 2.75) is 33.6 Å². The zero-order valence-electron chi connectivity index (χ0n) is 9.25. The van der Waals surface area contributed by atoms with Crippen molar-refractivity contribution in [3.05, 3.63) is 11.6 Å². The summed E-state index contributed by atoms with van der Waals surface area (Å²) in [5.74, 6) is 1.89. The SMILES string of the molecule is CCC(=CCSCCC(C)C)C(=O)O. The van der Waals surface area contributed by atoms with Crippen LogP contribution in [0.25, 0.3) is 0 Å². The van der Waals surface area contributed by atoms with Crippen LogP contribution in [0.2, 0.25) is 0 Å². The number of aliphatic carboxylic acids is 1. The number of thioether (sulfide) groups is 1. The molecule has 3 heteroatoms. The van der Waals surface area contributed by atoms with Crippen LogP contribution >= 0.6 is 11.8 Å². The zero-order valence-corrected chi connectivity index (χ0v) is 10.1. The van der Waals surface area contributed by atoms with Gasteiger partial charge >= 0.3 is 5.97 Å². The van der Waals surface area contributed by atoms with Gasteiger partial charge in [0.15, 0.2) is 0 Å². The average Bonchev–Trinajstić information content (AvgIpc) is 2.10. The van der Waals surface area contributed by atoms with Crippen molar-refractivity contribution in [1.82, 2.24) is 0 Å². The molecule has 0 aromatic heterocycles. The van der Waals surface area contributed by atoms with Crippen LogP contribution in [0.3, 0.4) is 0 Å². The lowest BCUT2D eigenvalue weighted by Crippen LogP contribution is -1.99. The molecule has 0 rings (SSSR count). The zero-order chi connectivity index (χ0) is 11.0. The van der Waals surface area contributed by atoms with E-state index in [0.29, 0.717) is 12.0 Å². The van der Waals surface area contributed by atoms with Gasteiger partial charge in [0, 0.05) is 11.3 Å². The molecule has 14 heavy (non-hydrogen) atoms. The molecule has 0 bridgehead atoms. The molecule has 0 saturated carbocycles. The van der Waals surface area contributed by atoms with E-state index >= 15 is 0 Å². The quantitative estimate of drug-likeness (QED) is 0.524. The summed E-state index contributed by atoms with van der Waals surface area (Å²) < 4.78 is 0. The Morgan fingerprint density at radius 2 is 2.14 bits per heavy atom. The van der Waals surface area contributed by atoms with Gasteiger partial charge in [0.05, 0.1) is 0 Å². The van der Waals surface area contributed by atoms with E-state index in [-0.39, 0.29) is 0 Å². The molecule has 82 valence electrons. The summed E-state index contributed by atoms with van der Waals surface area (Å²) in [7, 11) is 0. The Bertz CT molecular complexity index is 197. The molecule has 1 N–H and O–H groups in total. The van der Waals surface area contributed by atoms with Crippen LogP contribution in [0.4, 0.5) is 0 Å². The summed E-state index contributed by atoms with van der Waals surface area (Å²) in [6.07, 6.45) is 3.64. The van der Waals surface area contributed by atoms with Crippen molar-refractivity contribution in [1.29, 1.82) is 0 Å². The Morgan fingerprint density at radius 1 is 1.50 bits per heavy atom. The van der Waals surface area contributed by atoms with Crippen molar-refractivity contribution < 1.29 is 9.90 Å². The van der Waals surface area contributed by atoms with Crippen LogP contribution in [0.15, 0.2) is 11.6 Å². The molecule has 0 atom stereocenters. The molecule has 2 nitrogen and oxygen atoms in total. The van der Waals surface area contributed by atoms with E-state index in [1.54, 1.807) is 11.8 Å². The lowest BCUT2D eigenvalue weighted by atomic mass is 10.2. The highest BCUT2D eigenvalue weighted by atomic mass is 32.2. The van der Waals surface area contributed by atoms with E-state index in [9.17, 15) is 4.79 Å². The van der Waals surface area contributed by atoms with Crippen LogP contribution in [0.1, 0.15) is 33.6 Å². The first-order valence-electron chi connectivity index (χ1n) is 5.08. The lowest BCUT2D eigenvalue weighted by Gasteiger charge is -2.02. The minimum atomic E-state index is -0.781. The van der Waals surface area contributed by atoms with Crippen molar-refractivity contribution in [3.63, 3.8) is 0 Å². The predicted molar refractivity (Wildman–Crippen MR) is 62.8 cm³/mol. The molecule has 0 aliphatic rings. The van der Waals surface area contributed by atoms with Gasteiger partial charge in [-0.3, -0.25) is 0 Å². The van der Waals surface area contributed by atoms with Gasteiger partial charge < -0.3 is 5.11 Å². The molecular formula is C11H20O2S. The topological polar surface area (TPSA) is 37.3 Å². The van der Waals surface area contributed by atoms with Gasteiger partial charge in [0.2, 0.25) is 0 Å². The Hall–Kier alpha value is -0.440. The van der Waals surface area contributed by atoms with Gasteiger partial charge in [-0.15, -0.1) is 0 Å². The number of rotatable bonds is 7. The van der Waals surface area contributed by atoms with Crippen molar-refractivity contribution in [2.75, 3.05) is 11.5 Å². The van der Waals surface area contributed by atoms with Gasteiger partial charge in [-0.05, 0) is 24.5 Å². The Morgan fingerprint density at radius 3 is 2.57 bits per heavy atom. The van der Waals surface area contributed by atoms with E-state index < -0.39 is 5.97 Å². The highest BCUT2D eigenvalue weighted by Crippen LogP contribution is 2.10. The number of hydrogen-bond acceptors (Lipinski definition) is 2. The molecule has 0 aliphatic carbocycles. The maximum atomic E-state index is 10.6. The monoisotopic (exact) mass is 216 g/mol. The van der Waals surface area contributed by atoms with Crippen LogP contribution in [-0.2, 0) is 4.79 Å². The standard InChI is InChI=1S/C11H20O2S/c1-4-10(11(12)13)6-8-14-7-5-9(2)3/h6,9H,4-5,7-8H2,1-3H3,(H,12,13). The second kappa shape index (κ2) is 7.92. The van der Waals surface area contributed by atoms with E-state index in [4.69, 9.17) is 5.11 Å². The normalized spacial score (nSPS) is 12.1. The number of carbonyl (C=O) groups is 1. The van der Waals surface area contributed by atoms with Crippen molar-refractivity contribution in [2.24, 2.45) is 5.92 Å². The summed E-state index contributed by atoms with van der Waals surface area (Å²) >= 11 is 1.80. The Balaban J connectivity index is 3.64. The first-order chi connectivity index (χ1) is 6.57. The minimum Gasteiger partial charge on any atom is -0.478 e. The Labute approximate surface area is 90.8 Å². The van der Waals surface area contributed by atoms with Gasteiger partial charge in [-0.2, -0.15) is 11.8 Å². The predicted octanol–water partition coefficient (Wildman–Crippen LogP) is 3.19. The maximum absolute atomic E-state index is 10.6. The third-order valence-electron chi connectivity index (χ3n) is 1.94. The lowest BCUT2D eigenvalue weighted by molar-refractivity contribution is -0.132. The van der Waals surface area contributed by atoms with E-state index in [0.717, 1.165) is 17.4 Å². The summed E-state index contributed by atoms with van der Waals surface area (Å²) in [5.41, 5.74) is 0.530. The maximum Gasteiger partial charge on any atom is 0.331 e. The highest BCUT2D eigenvalue weighted by Gasteiger charge is 2.02. The van der Waals surface area contributed by atoms with Gasteiger partial charge in [0.1, 0.15) is 0 Å².